The molecular formula is C16H13Cl3N2OS. The monoisotopic (exact) mass is 386 g/mol. The van der Waals surface area contributed by atoms with Crippen molar-refractivity contribution in [2.45, 2.75) is 23.2 Å². The molecule has 0 fully saturated rings. The minimum absolute atomic E-state index is 0.144. The van der Waals surface area contributed by atoms with Crippen molar-refractivity contribution >= 4 is 56.4 Å². The molecule has 0 saturated carbocycles. The van der Waals surface area contributed by atoms with Gasteiger partial charge in [-0.2, -0.15) is 0 Å². The smallest absolute Gasteiger partial charge is 0.216 e. The molecule has 3 nitrogen and oxygen atoms in total. The van der Waals surface area contributed by atoms with E-state index in [0.29, 0.717) is 11.5 Å². The molecule has 1 aromatic carbocycles. The summed E-state index contributed by atoms with van der Waals surface area (Å²) in [5.74, 6) is 0.603. The first-order valence-electron chi connectivity index (χ1n) is 6.92. The van der Waals surface area contributed by atoms with Crippen molar-refractivity contribution < 1.29 is 5.11 Å². The molecule has 0 radical (unpaired) electrons. The number of thiophene rings is 1. The molecule has 0 bridgehead atoms. The lowest BCUT2D eigenvalue weighted by atomic mass is 10.1. The summed E-state index contributed by atoms with van der Waals surface area (Å²) in [7, 11) is 0. The van der Waals surface area contributed by atoms with Crippen LogP contribution in [-0.4, -0.2) is 25.0 Å². The number of aliphatic hydroxyl groups excluding tert-OH is 1. The van der Waals surface area contributed by atoms with Gasteiger partial charge in [-0.15, -0.1) is 11.3 Å². The van der Waals surface area contributed by atoms with Crippen molar-refractivity contribution in [3.05, 3.63) is 47.0 Å². The second kappa shape index (κ2) is 6.54. The summed E-state index contributed by atoms with van der Waals surface area (Å²) in [6.07, 6.45) is -1.000. The van der Waals surface area contributed by atoms with Gasteiger partial charge in [0.1, 0.15) is 10.9 Å². The number of fused-ring (bicyclic) bond motifs is 1. The Morgan fingerprint density at radius 3 is 2.52 bits per heavy atom. The van der Waals surface area contributed by atoms with E-state index in [0.717, 1.165) is 20.7 Å². The first-order valence-corrected chi connectivity index (χ1v) is 8.87. The molecule has 7 heteroatoms. The molecule has 0 saturated heterocycles. The summed E-state index contributed by atoms with van der Waals surface area (Å²) in [6, 6.07) is 11.7. The third-order valence-electron chi connectivity index (χ3n) is 3.39. The molecule has 23 heavy (non-hydrogen) atoms. The number of rotatable bonds is 3. The molecule has 0 spiro atoms. The summed E-state index contributed by atoms with van der Waals surface area (Å²) < 4.78 is -1.75. The zero-order valence-electron chi connectivity index (χ0n) is 12.1. The van der Waals surface area contributed by atoms with E-state index in [1.165, 1.54) is 0 Å². The molecule has 2 aromatic heterocycles. The maximum absolute atomic E-state index is 10.1. The van der Waals surface area contributed by atoms with Gasteiger partial charge in [0, 0.05) is 22.2 Å². The summed E-state index contributed by atoms with van der Waals surface area (Å²) in [5, 5.41) is 11.0. The first-order chi connectivity index (χ1) is 10.8. The number of halogens is 3. The van der Waals surface area contributed by atoms with Crippen LogP contribution in [0.5, 0.6) is 0 Å². The van der Waals surface area contributed by atoms with E-state index in [2.05, 4.69) is 9.97 Å². The van der Waals surface area contributed by atoms with Gasteiger partial charge < -0.3 is 5.11 Å². The Labute approximate surface area is 152 Å². The van der Waals surface area contributed by atoms with Crippen LogP contribution in [0.3, 0.4) is 0 Å². The van der Waals surface area contributed by atoms with Crippen molar-refractivity contribution in [1.29, 1.82) is 0 Å². The van der Waals surface area contributed by atoms with Gasteiger partial charge in [0.25, 0.3) is 0 Å². The number of aliphatic hydroxyl groups is 1. The lowest BCUT2D eigenvalue weighted by Crippen LogP contribution is -2.28. The standard InChI is InChI=1S/C16H13Cl3N2OS/c1-9-7-11-12(8-13(22)16(17,18)19)20-14(21-15(11)23-9)10-5-3-2-4-6-10/h2-7,13,22H,8H2,1H3/t13-/m1/s1. The van der Waals surface area contributed by atoms with Crippen LogP contribution in [-0.2, 0) is 6.42 Å². The highest BCUT2D eigenvalue weighted by Crippen LogP contribution is 2.34. The van der Waals surface area contributed by atoms with Gasteiger partial charge in [-0.3, -0.25) is 0 Å². The first kappa shape index (κ1) is 16.9. The zero-order chi connectivity index (χ0) is 16.6. The lowest BCUT2D eigenvalue weighted by molar-refractivity contribution is 0.178. The fourth-order valence-corrected chi connectivity index (χ4v) is 3.40. The molecule has 3 rings (SSSR count). The number of alkyl halides is 3. The molecular weight excluding hydrogens is 375 g/mol. The molecule has 0 amide bonds. The zero-order valence-corrected chi connectivity index (χ0v) is 15.2. The Morgan fingerprint density at radius 1 is 1.17 bits per heavy atom. The third-order valence-corrected chi connectivity index (χ3v) is 5.09. The van der Waals surface area contributed by atoms with Gasteiger partial charge in [0.15, 0.2) is 5.82 Å². The second-order valence-corrected chi connectivity index (χ2v) is 8.80. The highest BCUT2D eigenvalue weighted by molar-refractivity contribution is 7.18. The van der Waals surface area contributed by atoms with Gasteiger partial charge in [0.2, 0.25) is 3.79 Å². The number of hydrogen-bond donors (Lipinski definition) is 1. The van der Waals surface area contributed by atoms with Crippen LogP contribution in [0.1, 0.15) is 10.6 Å². The molecule has 3 aromatic rings. The highest BCUT2D eigenvalue weighted by atomic mass is 35.6. The lowest BCUT2D eigenvalue weighted by Gasteiger charge is -2.18. The Morgan fingerprint density at radius 2 is 1.87 bits per heavy atom. The quantitative estimate of drug-likeness (QED) is 0.647. The van der Waals surface area contributed by atoms with E-state index < -0.39 is 9.90 Å². The third kappa shape index (κ3) is 3.78. The van der Waals surface area contributed by atoms with Gasteiger partial charge >= 0.3 is 0 Å². The van der Waals surface area contributed by atoms with Crippen LogP contribution >= 0.6 is 46.1 Å². The topological polar surface area (TPSA) is 46.0 Å². The summed E-state index contributed by atoms with van der Waals surface area (Å²) in [5.41, 5.74) is 1.59. The van der Waals surface area contributed by atoms with Gasteiger partial charge in [-0.05, 0) is 13.0 Å². The minimum Gasteiger partial charge on any atom is -0.388 e. The fraction of sp³-hybridized carbons (Fsp3) is 0.250. The minimum atomic E-state index is -1.75. The molecule has 2 heterocycles. The van der Waals surface area contributed by atoms with E-state index in [-0.39, 0.29) is 6.42 Å². The molecule has 0 aliphatic carbocycles. The van der Waals surface area contributed by atoms with Crippen LogP contribution in [0.4, 0.5) is 0 Å². The highest BCUT2D eigenvalue weighted by Gasteiger charge is 2.32. The number of aryl methyl sites for hydroxylation is 1. The molecule has 1 atom stereocenters. The molecule has 120 valence electrons. The number of benzene rings is 1. The summed E-state index contributed by atoms with van der Waals surface area (Å²) in [6.45, 7) is 2.00. The SMILES string of the molecule is Cc1cc2c(C[C@@H](O)C(Cl)(Cl)Cl)nc(-c3ccccc3)nc2s1. The second-order valence-electron chi connectivity index (χ2n) is 5.20. The maximum Gasteiger partial charge on any atom is 0.216 e. The largest absolute Gasteiger partial charge is 0.388 e. The van der Waals surface area contributed by atoms with Crippen molar-refractivity contribution in [3.8, 4) is 11.4 Å². The fourth-order valence-electron chi connectivity index (χ4n) is 2.27. The van der Waals surface area contributed by atoms with E-state index in [9.17, 15) is 5.11 Å². The average molecular weight is 388 g/mol. The Hall–Kier alpha value is -0.910. The number of aromatic nitrogens is 2. The van der Waals surface area contributed by atoms with Crippen molar-refractivity contribution in [2.24, 2.45) is 0 Å². The van der Waals surface area contributed by atoms with Crippen LogP contribution in [0.15, 0.2) is 36.4 Å². The number of nitrogens with zero attached hydrogens (tertiary/aromatic N) is 2. The Kier molecular flexibility index (Phi) is 4.81. The predicted octanol–water partition coefficient (Wildman–Crippen LogP) is 4.94. The maximum atomic E-state index is 10.1. The van der Waals surface area contributed by atoms with E-state index in [1.54, 1.807) is 11.3 Å². The van der Waals surface area contributed by atoms with Gasteiger partial charge in [0.05, 0.1) is 5.69 Å². The van der Waals surface area contributed by atoms with Crippen LogP contribution < -0.4 is 0 Å². The number of hydrogen-bond acceptors (Lipinski definition) is 4. The predicted molar refractivity (Wildman–Crippen MR) is 97.6 cm³/mol. The van der Waals surface area contributed by atoms with Crippen LogP contribution in [0.2, 0.25) is 0 Å². The van der Waals surface area contributed by atoms with E-state index in [1.807, 2.05) is 43.3 Å². The summed E-state index contributed by atoms with van der Waals surface area (Å²) in [4.78, 5) is 11.2. The molecule has 1 N–H and O–H groups in total. The van der Waals surface area contributed by atoms with Gasteiger partial charge in [-0.25, -0.2) is 9.97 Å². The molecule has 0 aliphatic rings. The van der Waals surface area contributed by atoms with Crippen molar-refractivity contribution in [3.63, 3.8) is 0 Å². The van der Waals surface area contributed by atoms with Gasteiger partial charge in [-0.1, -0.05) is 65.1 Å². The van der Waals surface area contributed by atoms with Crippen molar-refractivity contribution in [2.75, 3.05) is 0 Å². The van der Waals surface area contributed by atoms with E-state index in [4.69, 9.17) is 34.8 Å². The molecule has 0 aliphatic heterocycles. The normalized spacial score (nSPS) is 13.4. The molecule has 0 unspecified atom stereocenters. The average Bonchev–Trinajstić information content (AvgIpc) is 2.87. The van der Waals surface area contributed by atoms with E-state index >= 15 is 0 Å². The van der Waals surface area contributed by atoms with Crippen molar-refractivity contribution in [1.82, 2.24) is 9.97 Å². The Bertz CT molecular complexity index is 830. The van der Waals surface area contributed by atoms with Crippen LogP contribution in [0, 0.1) is 6.92 Å². The Balaban J connectivity index is 2.11. The summed E-state index contributed by atoms with van der Waals surface area (Å²) >= 11 is 18.9. The van der Waals surface area contributed by atoms with Crippen LogP contribution in [0.25, 0.3) is 21.6 Å².